The number of nitrogens with one attached hydrogen (secondary N) is 1. The first-order valence-corrected chi connectivity index (χ1v) is 10.3. The number of carbonyl (C=O) groups is 3. The van der Waals surface area contributed by atoms with Crippen LogP contribution in [-0.4, -0.2) is 29.2 Å². The van der Waals surface area contributed by atoms with E-state index < -0.39 is 0 Å². The summed E-state index contributed by atoms with van der Waals surface area (Å²) >= 11 is 0. The molecule has 31 heavy (non-hydrogen) atoms. The van der Waals surface area contributed by atoms with E-state index in [0.717, 1.165) is 21.8 Å². The predicted octanol–water partition coefficient (Wildman–Crippen LogP) is 5.01. The van der Waals surface area contributed by atoms with Crippen molar-refractivity contribution in [3.05, 3.63) is 90.0 Å². The Balaban J connectivity index is 1.25. The first-order chi connectivity index (χ1) is 15.1. The molecule has 5 rings (SSSR count). The summed E-state index contributed by atoms with van der Waals surface area (Å²) in [5, 5.41) is 6.66. The zero-order valence-corrected chi connectivity index (χ0v) is 16.8. The molecule has 4 aromatic carbocycles. The Hall–Kier alpha value is -3.99. The van der Waals surface area contributed by atoms with Crippen molar-refractivity contribution >= 4 is 45.0 Å². The van der Waals surface area contributed by atoms with Gasteiger partial charge >= 0.3 is 0 Å². The van der Waals surface area contributed by atoms with Gasteiger partial charge in [0.2, 0.25) is 5.91 Å². The smallest absolute Gasteiger partial charge is 0.261 e. The van der Waals surface area contributed by atoms with Gasteiger partial charge in [0.15, 0.2) is 0 Å². The molecule has 0 saturated carbocycles. The molecule has 152 valence electrons. The Morgan fingerprint density at radius 1 is 0.742 bits per heavy atom. The molecule has 0 fully saturated rings. The first-order valence-electron chi connectivity index (χ1n) is 10.3. The van der Waals surface area contributed by atoms with Gasteiger partial charge in [-0.15, -0.1) is 0 Å². The molecule has 0 spiro atoms. The lowest BCUT2D eigenvalue weighted by Gasteiger charge is -2.27. The number of hydrogen-bond acceptors (Lipinski definition) is 3. The summed E-state index contributed by atoms with van der Waals surface area (Å²) in [5.74, 6) is -0.747. The monoisotopic (exact) mass is 408 g/mol. The van der Waals surface area contributed by atoms with Crippen LogP contribution in [0.25, 0.3) is 21.5 Å². The lowest BCUT2D eigenvalue weighted by molar-refractivity contribution is -0.116. The SMILES string of the molecule is O=C(CCCN1C(=O)c2cccc3cccc(c23)C1=O)Nc1ccc2ccccc2c1. The van der Waals surface area contributed by atoms with Gasteiger partial charge in [0.1, 0.15) is 0 Å². The number of rotatable bonds is 5. The van der Waals surface area contributed by atoms with Crippen molar-refractivity contribution in [1.82, 2.24) is 4.90 Å². The van der Waals surface area contributed by atoms with Crippen molar-refractivity contribution in [2.75, 3.05) is 11.9 Å². The molecule has 1 heterocycles. The van der Waals surface area contributed by atoms with E-state index in [9.17, 15) is 14.4 Å². The molecule has 1 aliphatic heterocycles. The van der Waals surface area contributed by atoms with Crippen LogP contribution in [0.3, 0.4) is 0 Å². The molecule has 4 aromatic rings. The van der Waals surface area contributed by atoms with E-state index in [1.807, 2.05) is 66.7 Å². The van der Waals surface area contributed by atoms with E-state index in [1.54, 1.807) is 12.1 Å². The zero-order valence-electron chi connectivity index (χ0n) is 16.8. The maximum absolute atomic E-state index is 12.9. The highest BCUT2D eigenvalue weighted by atomic mass is 16.2. The van der Waals surface area contributed by atoms with Crippen molar-refractivity contribution in [2.45, 2.75) is 12.8 Å². The van der Waals surface area contributed by atoms with Crippen LogP contribution >= 0.6 is 0 Å². The third-order valence-electron chi connectivity index (χ3n) is 5.67. The molecular formula is C26H20N2O3. The van der Waals surface area contributed by atoms with Crippen LogP contribution in [0, 0.1) is 0 Å². The molecule has 0 aliphatic carbocycles. The summed E-state index contributed by atoms with van der Waals surface area (Å²) in [5.41, 5.74) is 1.80. The van der Waals surface area contributed by atoms with Gasteiger partial charge in [0.05, 0.1) is 0 Å². The molecule has 0 atom stereocenters. The minimum Gasteiger partial charge on any atom is -0.326 e. The summed E-state index contributed by atoms with van der Waals surface area (Å²) in [6.07, 6.45) is 0.616. The van der Waals surface area contributed by atoms with Crippen LogP contribution < -0.4 is 5.32 Å². The summed E-state index contributed by atoms with van der Waals surface area (Å²) in [6, 6.07) is 24.7. The quantitative estimate of drug-likeness (QED) is 0.472. The Morgan fingerprint density at radius 3 is 2.10 bits per heavy atom. The van der Waals surface area contributed by atoms with Gasteiger partial charge in [0, 0.05) is 35.2 Å². The van der Waals surface area contributed by atoms with Crippen LogP contribution in [0.4, 0.5) is 5.69 Å². The minimum atomic E-state index is -0.302. The fourth-order valence-corrected chi connectivity index (χ4v) is 4.17. The van der Waals surface area contributed by atoms with Crippen molar-refractivity contribution in [2.24, 2.45) is 0 Å². The largest absolute Gasteiger partial charge is 0.326 e. The molecule has 0 bridgehead atoms. The predicted molar refractivity (Wildman–Crippen MR) is 121 cm³/mol. The number of hydrogen-bond donors (Lipinski definition) is 1. The maximum atomic E-state index is 12.9. The highest BCUT2D eigenvalue weighted by Gasteiger charge is 2.32. The normalized spacial score (nSPS) is 13.1. The summed E-state index contributed by atoms with van der Waals surface area (Å²) in [6.45, 7) is 0.202. The van der Waals surface area contributed by atoms with Crippen molar-refractivity contribution in [1.29, 1.82) is 0 Å². The Morgan fingerprint density at radius 2 is 1.39 bits per heavy atom. The molecule has 0 saturated heterocycles. The van der Waals surface area contributed by atoms with Gasteiger partial charge in [-0.25, -0.2) is 0 Å². The number of fused-ring (bicyclic) bond motifs is 1. The van der Waals surface area contributed by atoms with E-state index in [-0.39, 0.29) is 30.7 Å². The van der Waals surface area contributed by atoms with E-state index in [0.29, 0.717) is 22.9 Å². The molecule has 0 aromatic heterocycles. The zero-order chi connectivity index (χ0) is 21.4. The highest BCUT2D eigenvalue weighted by Crippen LogP contribution is 2.30. The molecule has 0 unspecified atom stereocenters. The molecule has 3 amide bonds. The Labute approximate surface area is 179 Å². The van der Waals surface area contributed by atoms with E-state index >= 15 is 0 Å². The molecule has 1 N–H and O–H groups in total. The Kier molecular flexibility index (Phi) is 4.71. The van der Waals surface area contributed by atoms with Gasteiger partial charge in [-0.3, -0.25) is 19.3 Å². The number of carbonyl (C=O) groups excluding carboxylic acids is 3. The molecular weight excluding hydrogens is 388 g/mol. The van der Waals surface area contributed by atoms with Gasteiger partial charge in [-0.2, -0.15) is 0 Å². The topological polar surface area (TPSA) is 66.5 Å². The maximum Gasteiger partial charge on any atom is 0.261 e. The average Bonchev–Trinajstić information content (AvgIpc) is 2.79. The second-order valence-electron chi connectivity index (χ2n) is 7.68. The second-order valence-corrected chi connectivity index (χ2v) is 7.68. The van der Waals surface area contributed by atoms with E-state index in [4.69, 9.17) is 0 Å². The number of nitrogens with zero attached hydrogens (tertiary/aromatic N) is 1. The summed E-state index contributed by atoms with van der Waals surface area (Å²) in [7, 11) is 0. The highest BCUT2D eigenvalue weighted by molar-refractivity contribution is 6.25. The first kappa shape index (κ1) is 19.0. The van der Waals surface area contributed by atoms with Crippen LogP contribution in [-0.2, 0) is 4.79 Å². The number of imide groups is 1. The van der Waals surface area contributed by atoms with E-state index in [2.05, 4.69) is 5.32 Å². The summed E-state index contributed by atoms with van der Waals surface area (Å²) in [4.78, 5) is 39.5. The van der Waals surface area contributed by atoms with Crippen LogP contribution in [0.5, 0.6) is 0 Å². The number of amides is 3. The molecule has 1 aliphatic rings. The van der Waals surface area contributed by atoms with Crippen LogP contribution in [0.2, 0.25) is 0 Å². The van der Waals surface area contributed by atoms with Crippen molar-refractivity contribution in [3.63, 3.8) is 0 Å². The lowest BCUT2D eigenvalue weighted by Crippen LogP contribution is -2.41. The third kappa shape index (κ3) is 3.44. The van der Waals surface area contributed by atoms with Gasteiger partial charge in [-0.05, 0) is 46.8 Å². The second kappa shape index (κ2) is 7.69. The average molecular weight is 408 g/mol. The molecule has 0 radical (unpaired) electrons. The van der Waals surface area contributed by atoms with Gasteiger partial charge in [0.25, 0.3) is 11.8 Å². The third-order valence-corrected chi connectivity index (χ3v) is 5.67. The number of anilines is 1. The van der Waals surface area contributed by atoms with Crippen LogP contribution in [0.1, 0.15) is 33.6 Å². The molecule has 5 heteroatoms. The van der Waals surface area contributed by atoms with E-state index in [1.165, 1.54) is 4.90 Å². The standard InChI is InChI=1S/C26H20N2O3/c29-23(27-20-14-13-17-6-1-2-7-19(17)16-20)12-5-15-28-25(30)21-10-3-8-18-9-4-11-22(24(18)21)26(28)31/h1-4,6-11,13-14,16H,5,12,15H2,(H,27,29). The van der Waals surface area contributed by atoms with Crippen LogP contribution in [0.15, 0.2) is 78.9 Å². The lowest BCUT2D eigenvalue weighted by atomic mass is 9.94. The minimum absolute atomic E-state index is 0.144. The van der Waals surface area contributed by atoms with Gasteiger partial charge < -0.3 is 5.32 Å². The molecule has 5 nitrogen and oxygen atoms in total. The van der Waals surface area contributed by atoms with Gasteiger partial charge in [-0.1, -0.05) is 54.6 Å². The van der Waals surface area contributed by atoms with Crippen molar-refractivity contribution in [3.8, 4) is 0 Å². The fourth-order valence-electron chi connectivity index (χ4n) is 4.17. The Bertz CT molecular complexity index is 1310. The number of benzene rings is 4. The van der Waals surface area contributed by atoms with Crippen molar-refractivity contribution < 1.29 is 14.4 Å². The fraction of sp³-hybridized carbons (Fsp3) is 0.115. The summed E-state index contributed by atoms with van der Waals surface area (Å²) < 4.78 is 0.